The molecule has 0 saturated carbocycles. The fraction of sp³-hybridized carbons (Fsp3) is 0.333. The van der Waals surface area contributed by atoms with Crippen LogP contribution in [0.25, 0.3) is 0 Å². The molecule has 0 bridgehead atoms. The second-order valence-electron chi connectivity index (χ2n) is 4.66. The number of benzene rings is 1. The second kappa shape index (κ2) is 7.26. The highest BCUT2D eigenvalue weighted by Gasteiger charge is 2.14. The first-order valence-corrected chi connectivity index (χ1v) is 7.57. The minimum atomic E-state index is -0.0855. The molecule has 1 unspecified atom stereocenters. The van der Waals surface area contributed by atoms with Crippen molar-refractivity contribution < 1.29 is 4.79 Å². The SMILES string of the molecule is Cc1ccccc1C=NC(=O)CCCN1C=CSC1N. The van der Waals surface area contributed by atoms with Gasteiger partial charge in [0.1, 0.15) is 5.50 Å². The number of nitrogens with zero attached hydrogens (tertiary/aromatic N) is 2. The van der Waals surface area contributed by atoms with E-state index in [9.17, 15) is 4.79 Å². The molecule has 1 heterocycles. The van der Waals surface area contributed by atoms with Crippen molar-refractivity contribution in [1.82, 2.24) is 4.90 Å². The van der Waals surface area contributed by atoms with Crippen LogP contribution in [0.4, 0.5) is 0 Å². The molecule has 0 aromatic heterocycles. The van der Waals surface area contributed by atoms with Gasteiger partial charge in [0.25, 0.3) is 0 Å². The highest BCUT2D eigenvalue weighted by Crippen LogP contribution is 2.20. The van der Waals surface area contributed by atoms with Crippen molar-refractivity contribution in [3.63, 3.8) is 0 Å². The van der Waals surface area contributed by atoms with Crippen LogP contribution >= 0.6 is 11.8 Å². The summed E-state index contributed by atoms with van der Waals surface area (Å²) in [5.41, 5.74) is 7.95. The summed E-state index contributed by atoms with van der Waals surface area (Å²) in [6, 6.07) is 7.87. The molecule has 0 saturated heterocycles. The second-order valence-corrected chi connectivity index (χ2v) is 5.69. The molecular weight excluding hydrogens is 270 g/mol. The number of carbonyl (C=O) groups is 1. The lowest BCUT2D eigenvalue weighted by molar-refractivity contribution is -0.117. The number of amides is 1. The maximum Gasteiger partial charge on any atom is 0.245 e. The van der Waals surface area contributed by atoms with Crippen LogP contribution in [0.1, 0.15) is 24.0 Å². The van der Waals surface area contributed by atoms with Crippen LogP contribution in [0.3, 0.4) is 0 Å². The van der Waals surface area contributed by atoms with Gasteiger partial charge in [0.05, 0.1) is 0 Å². The van der Waals surface area contributed by atoms with Gasteiger partial charge in [-0.25, -0.2) is 4.99 Å². The number of rotatable bonds is 5. The molecule has 1 aromatic carbocycles. The topological polar surface area (TPSA) is 58.7 Å². The number of carbonyl (C=O) groups excluding carboxylic acids is 1. The molecule has 1 aliphatic rings. The van der Waals surface area contributed by atoms with E-state index in [-0.39, 0.29) is 11.4 Å². The number of hydrogen-bond donors (Lipinski definition) is 1. The van der Waals surface area contributed by atoms with E-state index in [1.165, 1.54) is 0 Å². The molecule has 0 fully saturated rings. The minimum absolute atomic E-state index is 0.0134. The van der Waals surface area contributed by atoms with Crippen LogP contribution in [0, 0.1) is 6.92 Å². The first-order valence-electron chi connectivity index (χ1n) is 6.63. The van der Waals surface area contributed by atoms with Gasteiger partial charge in [0, 0.05) is 25.4 Å². The zero-order valence-corrected chi connectivity index (χ0v) is 12.3. The van der Waals surface area contributed by atoms with Crippen molar-refractivity contribution in [2.45, 2.75) is 25.3 Å². The summed E-state index contributed by atoms with van der Waals surface area (Å²) in [6.45, 7) is 2.79. The van der Waals surface area contributed by atoms with Crippen molar-refractivity contribution in [2.24, 2.45) is 10.7 Å². The lowest BCUT2D eigenvalue weighted by Gasteiger charge is -2.20. The molecular formula is C15H19N3OS. The monoisotopic (exact) mass is 289 g/mol. The van der Waals surface area contributed by atoms with Crippen LogP contribution in [0.5, 0.6) is 0 Å². The maximum atomic E-state index is 11.7. The fourth-order valence-corrected chi connectivity index (χ4v) is 2.63. The summed E-state index contributed by atoms with van der Waals surface area (Å²) in [5, 5.41) is 1.98. The van der Waals surface area contributed by atoms with E-state index >= 15 is 0 Å². The van der Waals surface area contributed by atoms with Crippen LogP contribution in [-0.2, 0) is 4.79 Å². The first-order chi connectivity index (χ1) is 9.66. The van der Waals surface area contributed by atoms with Crippen molar-refractivity contribution in [1.29, 1.82) is 0 Å². The Hall–Kier alpha value is -1.59. The van der Waals surface area contributed by atoms with E-state index in [1.807, 2.05) is 47.7 Å². The molecule has 0 spiro atoms. The summed E-state index contributed by atoms with van der Waals surface area (Å²) in [6.07, 6.45) is 4.83. The summed E-state index contributed by atoms with van der Waals surface area (Å²) >= 11 is 1.58. The average Bonchev–Trinajstić information content (AvgIpc) is 2.84. The fourth-order valence-electron chi connectivity index (χ4n) is 1.91. The third kappa shape index (κ3) is 4.21. The van der Waals surface area contributed by atoms with Crippen molar-refractivity contribution in [3.8, 4) is 0 Å². The molecule has 5 heteroatoms. The van der Waals surface area contributed by atoms with E-state index in [1.54, 1.807) is 18.0 Å². The Morgan fingerprint density at radius 1 is 1.50 bits per heavy atom. The molecule has 20 heavy (non-hydrogen) atoms. The Balaban J connectivity index is 1.75. The predicted molar refractivity (Wildman–Crippen MR) is 84.4 cm³/mol. The van der Waals surface area contributed by atoms with Gasteiger partial charge in [-0.3, -0.25) is 4.79 Å². The predicted octanol–water partition coefficient (Wildman–Crippen LogP) is 2.48. The Labute approximate surface area is 123 Å². The zero-order valence-electron chi connectivity index (χ0n) is 11.5. The maximum absolute atomic E-state index is 11.7. The molecule has 106 valence electrons. The van der Waals surface area contributed by atoms with Crippen LogP contribution < -0.4 is 5.73 Å². The van der Waals surface area contributed by atoms with Gasteiger partial charge >= 0.3 is 0 Å². The largest absolute Gasteiger partial charge is 0.353 e. The molecule has 4 nitrogen and oxygen atoms in total. The van der Waals surface area contributed by atoms with Gasteiger partial charge in [-0.2, -0.15) is 0 Å². The standard InChI is InChI=1S/C15H19N3OS/c1-12-5-2-3-6-13(12)11-17-14(19)7-4-8-18-9-10-20-15(18)16/h2-3,5-6,9-11,15H,4,7-8,16H2,1H3. The summed E-state index contributed by atoms with van der Waals surface area (Å²) in [5.74, 6) is -0.0855. The molecule has 1 aliphatic heterocycles. The normalized spacial score (nSPS) is 18.1. The van der Waals surface area contributed by atoms with E-state index in [4.69, 9.17) is 5.73 Å². The van der Waals surface area contributed by atoms with Gasteiger partial charge < -0.3 is 10.6 Å². The lowest BCUT2D eigenvalue weighted by atomic mass is 10.1. The summed E-state index contributed by atoms with van der Waals surface area (Å²) in [4.78, 5) is 17.7. The van der Waals surface area contributed by atoms with Gasteiger partial charge in [0.15, 0.2) is 0 Å². The number of aryl methyl sites for hydroxylation is 1. The quantitative estimate of drug-likeness (QED) is 0.846. The lowest BCUT2D eigenvalue weighted by Crippen LogP contribution is -2.33. The van der Waals surface area contributed by atoms with Crippen LogP contribution in [-0.4, -0.2) is 29.1 Å². The summed E-state index contributed by atoms with van der Waals surface area (Å²) in [7, 11) is 0. The van der Waals surface area contributed by atoms with Gasteiger partial charge in [0.2, 0.25) is 5.91 Å². The number of nitrogens with two attached hydrogens (primary N) is 1. The average molecular weight is 289 g/mol. The Kier molecular flexibility index (Phi) is 5.38. The van der Waals surface area contributed by atoms with Crippen molar-refractivity contribution in [3.05, 3.63) is 47.0 Å². The smallest absolute Gasteiger partial charge is 0.245 e. The van der Waals surface area contributed by atoms with Gasteiger partial charge in [-0.05, 0) is 29.9 Å². The first kappa shape index (κ1) is 14.8. The third-order valence-corrected chi connectivity index (χ3v) is 3.97. The van der Waals surface area contributed by atoms with Crippen LogP contribution in [0.15, 0.2) is 40.9 Å². The van der Waals surface area contributed by atoms with E-state index in [0.29, 0.717) is 6.42 Å². The molecule has 2 rings (SSSR count). The highest BCUT2D eigenvalue weighted by atomic mass is 32.2. The van der Waals surface area contributed by atoms with Gasteiger partial charge in [-0.15, -0.1) is 0 Å². The number of hydrogen-bond acceptors (Lipinski definition) is 4. The molecule has 1 atom stereocenters. The third-order valence-electron chi connectivity index (χ3n) is 3.14. The molecule has 0 aliphatic carbocycles. The highest BCUT2D eigenvalue weighted by molar-refractivity contribution is 8.02. The minimum Gasteiger partial charge on any atom is -0.353 e. The van der Waals surface area contributed by atoms with Crippen molar-refractivity contribution in [2.75, 3.05) is 6.54 Å². The Morgan fingerprint density at radius 3 is 3.00 bits per heavy atom. The van der Waals surface area contributed by atoms with E-state index < -0.39 is 0 Å². The van der Waals surface area contributed by atoms with Crippen molar-refractivity contribution >= 4 is 23.9 Å². The Morgan fingerprint density at radius 2 is 2.30 bits per heavy atom. The molecule has 2 N–H and O–H groups in total. The zero-order chi connectivity index (χ0) is 14.4. The molecule has 1 amide bonds. The number of aliphatic imine (C=N–C) groups is 1. The van der Waals surface area contributed by atoms with Gasteiger partial charge in [-0.1, -0.05) is 36.0 Å². The van der Waals surface area contributed by atoms with E-state index in [0.717, 1.165) is 24.1 Å². The van der Waals surface area contributed by atoms with Crippen LogP contribution in [0.2, 0.25) is 0 Å². The van der Waals surface area contributed by atoms with E-state index in [2.05, 4.69) is 4.99 Å². The number of thioether (sulfide) groups is 1. The molecule has 0 radical (unpaired) electrons. The molecule has 1 aromatic rings. The Bertz CT molecular complexity index is 528. The summed E-state index contributed by atoms with van der Waals surface area (Å²) < 4.78 is 0.